The minimum Gasteiger partial charge on any atom is -0.487 e. The molecule has 28 heavy (non-hydrogen) atoms. The van der Waals surface area contributed by atoms with Gasteiger partial charge in [0.2, 0.25) is 0 Å². The van der Waals surface area contributed by atoms with Crippen molar-refractivity contribution in [2.45, 2.75) is 19.7 Å². The first kappa shape index (κ1) is 18.6. The highest BCUT2D eigenvalue weighted by molar-refractivity contribution is 6.30. The van der Waals surface area contributed by atoms with Crippen molar-refractivity contribution in [2.24, 2.45) is 7.05 Å². The maximum atomic E-state index is 6.06. The Morgan fingerprint density at radius 3 is 2.36 bits per heavy atom. The zero-order chi connectivity index (χ0) is 19.3. The molecule has 3 nitrogen and oxygen atoms in total. The van der Waals surface area contributed by atoms with E-state index in [1.54, 1.807) is 0 Å². The van der Waals surface area contributed by atoms with Gasteiger partial charge in [-0.05, 0) is 41.5 Å². The topological polar surface area (TPSA) is 26.2 Å². The molecule has 0 unspecified atom stereocenters. The number of fused-ring (bicyclic) bond motifs is 1. The minimum absolute atomic E-state index is 0.509. The Balaban J connectivity index is 1.56. The van der Waals surface area contributed by atoms with E-state index in [1.165, 1.54) is 27.7 Å². The summed E-state index contributed by atoms with van der Waals surface area (Å²) in [7, 11) is 2.10. The number of hydrogen-bond donors (Lipinski definition) is 1. The predicted molar refractivity (Wildman–Crippen MR) is 116 cm³/mol. The third-order valence-corrected chi connectivity index (χ3v) is 5.26. The van der Waals surface area contributed by atoms with E-state index in [0.717, 1.165) is 18.8 Å². The summed E-state index contributed by atoms with van der Waals surface area (Å²) in [5, 5.41) is 5.56. The summed E-state index contributed by atoms with van der Waals surface area (Å²) in [6.45, 7) is 2.13. The van der Waals surface area contributed by atoms with Crippen LogP contribution in [0.25, 0.3) is 10.9 Å². The van der Waals surface area contributed by atoms with E-state index < -0.39 is 0 Å². The first-order valence-corrected chi connectivity index (χ1v) is 9.78. The molecular formula is C24H23ClN2O. The largest absolute Gasteiger partial charge is 0.487 e. The SMILES string of the molecule is Cn1c(COc2ccc(Cl)cc2)c(CNCc2ccccc2)c2ccccc21. The molecule has 4 heteroatoms. The van der Waals surface area contributed by atoms with E-state index in [2.05, 4.69) is 65.5 Å². The fourth-order valence-corrected chi connectivity index (χ4v) is 3.64. The summed E-state index contributed by atoms with van der Waals surface area (Å²) >= 11 is 5.97. The predicted octanol–water partition coefficient (Wildman–Crippen LogP) is 5.70. The number of rotatable bonds is 7. The van der Waals surface area contributed by atoms with Gasteiger partial charge in [-0.3, -0.25) is 0 Å². The summed E-state index contributed by atoms with van der Waals surface area (Å²) in [4.78, 5) is 0. The number of hydrogen-bond acceptors (Lipinski definition) is 2. The molecule has 0 saturated carbocycles. The van der Waals surface area contributed by atoms with Crippen LogP contribution in [0.4, 0.5) is 0 Å². The van der Waals surface area contributed by atoms with Gasteiger partial charge in [0, 0.05) is 36.1 Å². The zero-order valence-electron chi connectivity index (χ0n) is 15.9. The van der Waals surface area contributed by atoms with Gasteiger partial charge in [-0.1, -0.05) is 60.1 Å². The van der Waals surface area contributed by atoms with Crippen LogP contribution in [-0.2, 0) is 26.7 Å². The Morgan fingerprint density at radius 1 is 0.857 bits per heavy atom. The molecule has 3 aromatic carbocycles. The molecule has 0 aliphatic heterocycles. The lowest BCUT2D eigenvalue weighted by atomic mass is 10.1. The Bertz CT molecular complexity index is 1060. The molecular weight excluding hydrogens is 368 g/mol. The maximum absolute atomic E-state index is 6.06. The van der Waals surface area contributed by atoms with Gasteiger partial charge in [-0.2, -0.15) is 0 Å². The van der Waals surface area contributed by atoms with Crippen LogP contribution in [0, 0.1) is 0 Å². The second-order valence-corrected chi connectivity index (χ2v) is 7.27. The first-order chi connectivity index (χ1) is 13.7. The zero-order valence-corrected chi connectivity index (χ0v) is 16.6. The average Bonchev–Trinajstić information content (AvgIpc) is 3.00. The van der Waals surface area contributed by atoms with E-state index >= 15 is 0 Å². The van der Waals surface area contributed by atoms with Crippen LogP contribution in [0.5, 0.6) is 5.75 Å². The molecule has 0 aliphatic carbocycles. The van der Waals surface area contributed by atoms with Gasteiger partial charge in [0.05, 0.1) is 5.69 Å². The van der Waals surface area contributed by atoms with Crippen molar-refractivity contribution in [3.05, 3.63) is 101 Å². The minimum atomic E-state index is 0.509. The van der Waals surface area contributed by atoms with Crippen molar-refractivity contribution in [3.8, 4) is 5.75 Å². The number of halogens is 1. The summed E-state index contributed by atoms with van der Waals surface area (Å²) in [6, 6.07) is 26.5. The molecule has 0 aliphatic rings. The normalized spacial score (nSPS) is 11.1. The lowest BCUT2D eigenvalue weighted by Gasteiger charge is -2.11. The Kier molecular flexibility index (Phi) is 5.65. The molecule has 0 bridgehead atoms. The van der Waals surface area contributed by atoms with Gasteiger partial charge in [0.25, 0.3) is 0 Å². The van der Waals surface area contributed by atoms with Crippen LogP contribution in [0.3, 0.4) is 0 Å². The fourth-order valence-electron chi connectivity index (χ4n) is 3.52. The molecule has 0 spiro atoms. The first-order valence-electron chi connectivity index (χ1n) is 9.40. The molecule has 142 valence electrons. The van der Waals surface area contributed by atoms with Crippen LogP contribution >= 0.6 is 11.6 Å². The molecule has 1 N–H and O–H groups in total. The molecule has 4 rings (SSSR count). The van der Waals surface area contributed by atoms with Crippen LogP contribution in [0.2, 0.25) is 5.02 Å². The number of para-hydroxylation sites is 1. The number of benzene rings is 3. The highest BCUT2D eigenvalue weighted by Crippen LogP contribution is 2.27. The van der Waals surface area contributed by atoms with Crippen LogP contribution in [0.1, 0.15) is 16.8 Å². The molecule has 0 atom stereocenters. The van der Waals surface area contributed by atoms with Gasteiger partial charge in [-0.25, -0.2) is 0 Å². The fraction of sp³-hybridized carbons (Fsp3) is 0.167. The number of aromatic nitrogens is 1. The smallest absolute Gasteiger partial charge is 0.129 e. The van der Waals surface area contributed by atoms with Gasteiger partial charge in [-0.15, -0.1) is 0 Å². The second-order valence-electron chi connectivity index (χ2n) is 6.83. The molecule has 0 saturated heterocycles. The maximum Gasteiger partial charge on any atom is 0.129 e. The van der Waals surface area contributed by atoms with Crippen molar-refractivity contribution in [2.75, 3.05) is 0 Å². The average molecular weight is 391 g/mol. The van der Waals surface area contributed by atoms with E-state index in [9.17, 15) is 0 Å². The van der Waals surface area contributed by atoms with Crippen molar-refractivity contribution in [1.82, 2.24) is 9.88 Å². The molecule has 1 heterocycles. The van der Waals surface area contributed by atoms with Crippen molar-refractivity contribution in [1.29, 1.82) is 0 Å². The second kappa shape index (κ2) is 8.51. The summed E-state index contributed by atoms with van der Waals surface area (Å²) < 4.78 is 8.28. The van der Waals surface area contributed by atoms with E-state index in [4.69, 9.17) is 16.3 Å². The number of nitrogens with one attached hydrogen (secondary N) is 1. The third-order valence-electron chi connectivity index (χ3n) is 5.01. The summed E-state index contributed by atoms with van der Waals surface area (Å²) in [6.07, 6.45) is 0. The molecule has 4 aromatic rings. The quantitative estimate of drug-likeness (QED) is 0.438. The third kappa shape index (κ3) is 4.06. The number of aryl methyl sites for hydroxylation is 1. The van der Waals surface area contributed by atoms with Gasteiger partial charge < -0.3 is 14.6 Å². The van der Waals surface area contributed by atoms with E-state index in [-0.39, 0.29) is 0 Å². The van der Waals surface area contributed by atoms with Crippen molar-refractivity contribution in [3.63, 3.8) is 0 Å². The Hall–Kier alpha value is -2.75. The molecule has 0 amide bonds. The van der Waals surface area contributed by atoms with Gasteiger partial charge in [0.15, 0.2) is 0 Å². The lowest BCUT2D eigenvalue weighted by Crippen LogP contribution is -2.15. The highest BCUT2D eigenvalue weighted by atomic mass is 35.5. The van der Waals surface area contributed by atoms with Crippen molar-refractivity contribution >= 4 is 22.5 Å². The number of ether oxygens (including phenoxy) is 1. The molecule has 0 fully saturated rings. The summed E-state index contributed by atoms with van der Waals surface area (Å²) in [5.74, 6) is 0.817. The van der Waals surface area contributed by atoms with Crippen LogP contribution in [0.15, 0.2) is 78.9 Å². The standard InChI is InChI=1S/C24H23ClN2O/c1-27-23-10-6-5-9-21(23)22(16-26-15-18-7-3-2-4-8-18)24(27)17-28-20-13-11-19(25)12-14-20/h2-14,26H,15-17H2,1H3. The van der Waals surface area contributed by atoms with Crippen LogP contribution in [-0.4, -0.2) is 4.57 Å². The lowest BCUT2D eigenvalue weighted by molar-refractivity contribution is 0.296. The van der Waals surface area contributed by atoms with Crippen LogP contribution < -0.4 is 10.1 Å². The van der Waals surface area contributed by atoms with E-state index in [1.807, 2.05) is 30.3 Å². The highest BCUT2D eigenvalue weighted by Gasteiger charge is 2.15. The Morgan fingerprint density at radius 2 is 1.57 bits per heavy atom. The Labute approximate surface area is 170 Å². The summed E-state index contributed by atoms with van der Waals surface area (Å²) in [5.41, 5.74) is 4.95. The van der Waals surface area contributed by atoms with E-state index in [0.29, 0.717) is 11.6 Å². The van der Waals surface area contributed by atoms with Gasteiger partial charge in [0.1, 0.15) is 12.4 Å². The van der Waals surface area contributed by atoms with Crippen molar-refractivity contribution < 1.29 is 4.74 Å². The number of nitrogens with zero attached hydrogens (tertiary/aromatic N) is 1. The molecule has 0 radical (unpaired) electrons. The van der Waals surface area contributed by atoms with Gasteiger partial charge >= 0.3 is 0 Å². The monoisotopic (exact) mass is 390 g/mol. The molecule has 1 aromatic heterocycles.